The number of amides is 1. The zero-order chi connectivity index (χ0) is 20.0. The summed E-state index contributed by atoms with van der Waals surface area (Å²) in [6.45, 7) is 1.31. The number of anilines is 1. The average Bonchev–Trinajstić information content (AvgIpc) is 3.37. The number of fused-ring (bicyclic) bond motifs is 2. The van der Waals surface area contributed by atoms with Gasteiger partial charge in [-0.2, -0.15) is 4.52 Å². The maximum Gasteiger partial charge on any atom is 0.289 e. The molecule has 0 radical (unpaired) electrons. The van der Waals surface area contributed by atoms with Crippen molar-refractivity contribution >= 4 is 28.3 Å². The van der Waals surface area contributed by atoms with Gasteiger partial charge in [-0.3, -0.25) is 4.79 Å². The number of rotatable bonds is 3. The molecule has 4 heterocycles. The molecule has 4 aromatic rings. The molecule has 1 aliphatic rings. The van der Waals surface area contributed by atoms with Gasteiger partial charge in [0.2, 0.25) is 0 Å². The molecule has 0 spiro atoms. The van der Waals surface area contributed by atoms with Gasteiger partial charge in [0.05, 0.1) is 0 Å². The van der Waals surface area contributed by atoms with E-state index in [0.717, 1.165) is 41.1 Å². The Balaban J connectivity index is 1.33. The van der Waals surface area contributed by atoms with Crippen LogP contribution in [0.15, 0.2) is 46.9 Å². The fourth-order valence-electron chi connectivity index (χ4n) is 3.87. The average molecular weight is 390 g/mol. The van der Waals surface area contributed by atoms with Crippen molar-refractivity contribution in [2.45, 2.75) is 18.8 Å². The highest BCUT2D eigenvalue weighted by Crippen LogP contribution is 2.29. The van der Waals surface area contributed by atoms with Crippen molar-refractivity contribution in [3.05, 3.63) is 54.0 Å². The van der Waals surface area contributed by atoms with E-state index >= 15 is 0 Å². The van der Waals surface area contributed by atoms with Crippen LogP contribution >= 0.6 is 0 Å². The summed E-state index contributed by atoms with van der Waals surface area (Å²) in [7, 11) is 3.92. The van der Waals surface area contributed by atoms with E-state index in [1.165, 1.54) is 0 Å². The SMILES string of the molecule is CN(C)c1ccc2nnc(C3CCN(C(=O)c4cc5ccccc5o4)CC3)n2n1. The van der Waals surface area contributed by atoms with Gasteiger partial charge in [0.1, 0.15) is 11.4 Å². The molecule has 29 heavy (non-hydrogen) atoms. The van der Waals surface area contributed by atoms with E-state index in [4.69, 9.17) is 4.42 Å². The number of aromatic nitrogens is 4. The molecule has 1 aliphatic heterocycles. The van der Waals surface area contributed by atoms with E-state index in [0.29, 0.717) is 18.8 Å². The summed E-state index contributed by atoms with van der Waals surface area (Å²) in [6.07, 6.45) is 1.64. The minimum absolute atomic E-state index is 0.0567. The van der Waals surface area contributed by atoms with Gasteiger partial charge in [-0.25, -0.2) is 0 Å². The quantitative estimate of drug-likeness (QED) is 0.535. The third kappa shape index (κ3) is 3.10. The molecule has 0 aliphatic carbocycles. The molecular formula is C21H22N6O2. The normalized spacial score (nSPS) is 15.3. The number of carbonyl (C=O) groups excluding carboxylic acids is 1. The molecule has 8 heteroatoms. The van der Waals surface area contributed by atoms with Crippen LogP contribution in [0.2, 0.25) is 0 Å². The van der Waals surface area contributed by atoms with Crippen molar-refractivity contribution in [2.75, 3.05) is 32.1 Å². The maximum atomic E-state index is 12.9. The minimum Gasteiger partial charge on any atom is -0.451 e. The molecule has 1 fully saturated rings. The largest absolute Gasteiger partial charge is 0.451 e. The summed E-state index contributed by atoms with van der Waals surface area (Å²) in [6, 6.07) is 13.4. The van der Waals surface area contributed by atoms with E-state index in [1.807, 2.05) is 70.9 Å². The Kier molecular flexibility index (Phi) is 4.19. The predicted molar refractivity (Wildman–Crippen MR) is 109 cm³/mol. The number of hydrogen-bond acceptors (Lipinski definition) is 6. The van der Waals surface area contributed by atoms with Crippen LogP contribution in [-0.4, -0.2) is 57.8 Å². The van der Waals surface area contributed by atoms with Gasteiger partial charge in [-0.05, 0) is 37.1 Å². The molecule has 0 saturated carbocycles. The van der Waals surface area contributed by atoms with Crippen molar-refractivity contribution in [3.8, 4) is 0 Å². The fourth-order valence-corrected chi connectivity index (χ4v) is 3.87. The zero-order valence-electron chi connectivity index (χ0n) is 16.4. The first-order chi connectivity index (χ1) is 14.1. The standard InChI is InChI=1S/C21H22N6O2/c1-25(2)19-8-7-18-22-23-20(27(18)24-19)14-9-11-26(12-10-14)21(28)17-13-15-5-3-4-6-16(15)29-17/h3-8,13-14H,9-12H2,1-2H3. The van der Waals surface area contributed by atoms with Crippen LogP contribution in [0.1, 0.15) is 35.1 Å². The summed E-state index contributed by atoms with van der Waals surface area (Å²) in [5.74, 6) is 2.28. The first-order valence-electron chi connectivity index (χ1n) is 9.78. The van der Waals surface area contributed by atoms with Gasteiger partial charge in [0.15, 0.2) is 17.2 Å². The van der Waals surface area contributed by atoms with Crippen molar-refractivity contribution in [1.29, 1.82) is 0 Å². The molecule has 0 unspecified atom stereocenters. The van der Waals surface area contributed by atoms with E-state index in [9.17, 15) is 4.79 Å². The lowest BCUT2D eigenvalue weighted by atomic mass is 9.96. The molecule has 1 aromatic carbocycles. The Morgan fingerprint density at radius 1 is 1.10 bits per heavy atom. The van der Waals surface area contributed by atoms with Crippen LogP contribution in [-0.2, 0) is 0 Å². The fraction of sp³-hybridized carbons (Fsp3) is 0.333. The van der Waals surface area contributed by atoms with Crippen LogP contribution < -0.4 is 4.90 Å². The second-order valence-electron chi connectivity index (χ2n) is 7.63. The number of benzene rings is 1. The third-order valence-electron chi connectivity index (χ3n) is 5.51. The van der Waals surface area contributed by atoms with E-state index in [2.05, 4.69) is 15.3 Å². The van der Waals surface area contributed by atoms with Crippen LogP contribution in [0.4, 0.5) is 5.82 Å². The van der Waals surface area contributed by atoms with Crippen LogP contribution in [0.25, 0.3) is 16.6 Å². The van der Waals surface area contributed by atoms with Gasteiger partial charge in [-0.1, -0.05) is 18.2 Å². The first-order valence-corrected chi connectivity index (χ1v) is 9.78. The summed E-state index contributed by atoms with van der Waals surface area (Å²) in [5.41, 5.74) is 1.48. The number of hydrogen-bond donors (Lipinski definition) is 0. The summed E-state index contributed by atoms with van der Waals surface area (Å²) in [5, 5.41) is 14.2. The van der Waals surface area contributed by atoms with E-state index < -0.39 is 0 Å². The molecule has 1 saturated heterocycles. The van der Waals surface area contributed by atoms with Crippen molar-refractivity contribution in [3.63, 3.8) is 0 Å². The van der Waals surface area contributed by atoms with Crippen molar-refractivity contribution < 1.29 is 9.21 Å². The Labute approximate surface area is 167 Å². The monoisotopic (exact) mass is 390 g/mol. The number of piperidine rings is 1. The molecular weight excluding hydrogens is 368 g/mol. The van der Waals surface area contributed by atoms with Gasteiger partial charge >= 0.3 is 0 Å². The van der Waals surface area contributed by atoms with Crippen molar-refractivity contribution in [1.82, 2.24) is 24.7 Å². The van der Waals surface area contributed by atoms with Crippen LogP contribution in [0, 0.1) is 0 Å². The van der Waals surface area contributed by atoms with E-state index in [1.54, 1.807) is 0 Å². The Morgan fingerprint density at radius 2 is 1.90 bits per heavy atom. The van der Waals surface area contributed by atoms with Crippen molar-refractivity contribution in [2.24, 2.45) is 0 Å². The van der Waals surface area contributed by atoms with Gasteiger partial charge in [-0.15, -0.1) is 15.3 Å². The molecule has 1 amide bonds. The highest BCUT2D eigenvalue weighted by molar-refractivity contribution is 5.96. The van der Waals surface area contributed by atoms with Crippen LogP contribution in [0.5, 0.6) is 0 Å². The highest BCUT2D eigenvalue weighted by Gasteiger charge is 2.29. The number of para-hydroxylation sites is 1. The van der Waals surface area contributed by atoms with Gasteiger partial charge < -0.3 is 14.2 Å². The minimum atomic E-state index is -0.0567. The Bertz CT molecular complexity index is 1150. The summed E-state index contributed by atoms with van der Waals surface area (Å²) < 4.78 is 7.57. The highest BCUT2D eigenvalue weighted by atomic mass is 16.3. The molecule has 8 nitrogen and oxygen atoms in total. The molecule has 0 N–H and O–H groups in total. The van der Waals surface area contributed by atoms with Gasteiger partial charge in [0.25, 0.3) is 5.91 Å². The smallest absolute Gasteiger partial charge is 0.289 e. The number of carbonyl (C=O) groups is 1. The Hall–Kier alpha value is -3.42. The topological polar surface area (TPSA) is 79.8 Å². The zero-order valence-corrected chi connectivity index (χ0v) is 16.4. The molecule has 3 aromatic heterocycles. The first kappa shape index (κ1) is 17.7. The molecule has 0 atom stereocenters. The molecule has 5 rings (SSSR count). The second-order valence-corrected chi connectivity index (χ2v) is 7.63. The number of likely N-dealkylation sites (tertiary alicyclic amines) is 1. The number of nitrogens with zero attached hydrogens (tertiary/aromatic N) is 6. The Morgan fingerprint density at radius 3 is 2.66 bits per heavy atom. The maximum absolute atomic E-state index is 12.9. The number of furan rings is 1. The van der Waals surface area contributed by atoms with Crippen LogP contribution in [0.3, 0.4) is 0 Å². The predicted octanol–water partition coefficient (Wildman–Crippen LogP) is 2.96. The molecule has 148 valence electrons. The lowest BCUT2D eigenvalue weighted by Gasteiger charge is -2.30. The summed E-state index contributed by atoms with van der Waals surface area (Å²) >= 11 is 0. The lowest BCUT2D eigenvalue weighted by Crippen LogP contribution is -2.38. The van der Waals surface area contributed by atoms with E-state index in [-0.39, 0.29) is 11.8 Å². The lowest BCUT2D eigenvalue weighted by molar-refractivity contribution is 0.0681. The third-order valence-corrected chi connectivity index (χ3v) is 5.51. The van der Waals surface area contributed by atoms with Gasteiger partial charge in [0, 0.05) is 38.5 Å². The summed E-state index contributed by atoms with van der Waals surface area (Å²) in [4.78, 5) is 16.7. The molecule has 0 bridgehead atoms. The second kappa shape index (κ2) is 6.88.